The number of nitrogens with one attached hydrogen (secondary N) is 1. The molecule has 1 atom stereocenters. The lowest BCUT2D eigenvalue weighted by atomic mass is 10.3. The first-order valence-corrected chi connectivity index (χ1v) is 5.03. The zero-order chi connectivity index (χ0) is 9.80. The molecule has 1 N–H and O–H groups in total. The van der Waals surface area contributed by atoms with Gasteiger partial charge in [0.2, 0.25) is 0 Å². The molecule has 0 saturated carbocycles. The maximum atomic E-state index is 4.22. The summed E-state index contributed by atoms with van der Waals surface area (Å²) in [4.78, 5) is 10.5. The summed E-state index contributed by atoms with van der Waals surface area (Å²) in [6.45, 7) is 3.23. The fraction of sp³-hybridized carbons (Fsp3) is 0.600. The van der Waals surface area contributed by atoms with Gasteiger partial charge < -0.3 is 5.32 Å². The molecule has 1 aliphatic rings. The van der Waals surface area contributed by atoms with Crippen LogP contribution < -0.4 is 5.32 Å². The molecule has 0 amide bonds. The summed E-state index contributed by atoms with van der Waals surface area (Å²) in [5.41, 5.74) is 1.11. The first kappa shape index (κ1) is 9.55. The van der Waals surface area contributed by atoms with Crippen molar-refractivity contribution in [2.75, 3.05) is 20.1 Å². The van der Waals surface area contributed by atoms with Gasteiger partial charge in [0.1, 0.15) is 6.33 Å². The number of likely N-dealkylation sites (N-methyl/N-ethyl adjacent to an activating group) is 1. The summed E-state index contributed by atoms with van der Waals surface area (Å²) in [5.74, 6) is 0. The lowest BCUT2D eigenvalue weighted by molar-refractivity contribution is 0.318. The zero-order valence-corrected chi connectivity index (χ0v) is 8.48. The monoisotopic (exact) mass is 192 g/mol. The molecule has 0 bridgehead atoms. The minimum atomic E-state index is 0.650. The maximum Gasteiger partial charge on any atom is 0.115 e. The normalized spacial score (nSPS) is 22.8. The van der Waals surface area contributed by atoms with Crippen molar-refractivity contribution in [1.29, 1.82) is 0 Å². The standard InChI is InChI=1S/C10H16N4/c1-11-9-3-5-14(6-9)7-10-2-4-12-8-13-10/h2,4,8-9,11H,3,5-7H2,1H3. The van der Waals surface area contributed by atoms with Gasteiger partial charge in [-0.05, 0) is 19.5 Å². The van der Waals surface area contributed by atoms with E-state index in [4.69, 9.17) is 0 Å². The summed E-state index contributed by atoms with van der Waals surface area (Å²) < 4.78 is 0. The summed E-state index contributed by atoms with van der Waals surface area (Å²) in [5, 5.41) is 3.31. The molecule has 0 aliphatic carbocycles. The van der Waals surface area contributed by atoms with Crippen LogP contribution in [0.5, 0.6) is 0 Å². The first-order chi connectivity index (χ1) is 6.88. The first-order valence-electron chi connectivity index (χ1n) is 5.03. The van der Waals surface area contributed by atoms with Gasteiger partial charge in [0.05, 0.1) is 5.69 Å². The molecule has 4 heteroatoms. The van der Waals surface area contributed by atoms with Gasteiger partial charge in [0.25, 0.3) is 0 Å². The van der Waals surface area contributed by atoms with E-state index in [-0.39, 0.29) is 0 Å². The minimum absolute atomic E-state index is 0.650. The number of likely N-dealkylation sites (tertiary alicyclic amines) is 1. The molecule has 4 nitrogen and oxygen atoms in total. The summed E-state index contributed by atoms with van der Waals surface area (Å²) in [6.07, 6.45) is 4.65. The molecule has 1 aliphatic heterocycles. The lowest BCUT2D eigenvalue weighted by Crippen LogP contribution is -2.29. The summed E-state index contributed by atoms with van der Waals surface area (Å²) in [7, 11) is 2.03. The van der Waals surface area contributed by atoms with Crippen molar-refractivity contribution in [3.8, 4) is 0 Å². The van der Waals surface area contributed by atoms with Crippen LogP contribution in [0, 0.1) is 0 Å². The molecule has 76 valence electrons. The van der Waals surface area contributed by atoms with Crippen LogP contribution in [0.25, 0.3) is 0 Å². The van der Waals surface area contributed by atoms with Gasteiger partial charge in [0, 0.05) is 31.9 Å². The van der Waals surface area contributed by atoms with Gasteiger partial charge in [-0.2, -0.15) is 0 Å². The van der Waals surface area contributed by atoms with Gasteiger partial charge >= 0.3 is 0 Å². The van der Waals surface area contributed by atoms with Crippen molar-refractivity contribution >= 4 is 0 Å². The zero-order valence-electron chi connectivity index (χ0n) is 8.48. The van der Waals surface area contributed by atoms with Gasteiger partial charge in [-0.1, -0.05) is 0 Å². The Morgan fingerprint density at radius 1 is 1.64 bits per heavy atom. The summed E-state index contributed by atoms with van der Waals surface area (Å²) >= 11 is 0. The Hall–Kier alpha value is -1.00. The van der Waals surface area contributed by atoms with E-state index in [1.54, 1.807) is 12.5 Å². The van der Waals surface area contributed by atoms with Crippen molar-refractivity contribution in [1.82, 2.24) is 20.2 Å². The predicted octanol–water partition coefficient (Wildman–Crippen LogP) is 0.270. The van der Waals surface area contributed by atoms with E-state index < -0.39 is 0 Å². The number of hydrogen-bond donors (Lipinski definition) is 1. The van der Waals surface area contributed by atoms with Crippen LogP contribution in [0.3, 0.4) is 0 Å². The Morgan fingerprint density at radius 3 is 3.21 bits per heavy atom. The third-order valence-corrected chi connectivity index (χ3v) is 2.71. The minimum Gasteiger partial charge on any atom is -0.316 e. The van der Waals surface area contributed by atoms with E-state index >= 15 is 0 Å². The Kier molecular flexibility index (Phi) is 3.06. The quantitative estimate of drug-likeness (QED) is 0.746. The smallest absolute Gasteiger partial charge is 0.115 e. The lowest BCUT2D eigenvalue weighted by Gasteiger charge is -2.14. The van der Waals surface area contributed by atoms with E-state index in [1.165, 1.54) is 6.42 Å². The number of hydrogen-bond acceptors (Lipinski definition) is 4. The van der Waals surface area contributed by atoms with Crippen LogP contribution in [0.4, 0.5) is 0 Å². The van der Waals surface area contributed by atoms with Crippen molar-refractivity contribution in [3.05, 3.63) is 24.3 Å². The van der Waals surface area contributed by atoms with Crippen LogP contribution in [-0.4, -0.2) is 41.0 Å². The van der Waals surface area contributed by atoms with Crippen LogP contribution in [-0.2, 0) is 6.54 Å². The maximum absolute atomic E-state index is 4.22. The molecule has 1 saturated heterocycles. The van der Waals surface area contributed by atoms with Gasteiger partial charge in [0.15, 0.2) is 0 Å². The van der Waals surface area contributed by atoms with E-state index in [0.29, 0.717) is 6.04 Å². The van der Waals surface area contributed by atoms with E-state index in [2.05, 4.69) is 20.2 Å². The van der Waals surface area contributed by atoms with Crippen LogP contribution in [0.2, 0.25) is 0 Å². The number of nitrogens with zero attached hydrogens (tertiary/aromatic N) is 3. The van der Waals surface area contributed by atoms with E-state index in [0.717, 1.165) is 25.3 Å². The average molecular weight is 192 g/mol. The van der Waals surface area contributed by atoms with Crippen LogP contribution in [0.1, 0.15) is 12.1 Å². The topological polar surface area (TPSA) is 41.0 Å². The SMILES string of the molecule is CNC1CCN(Cc2ccncn2)C1. The van der Waals surface area contributed by atoms with Gasteiger partial charge in [-0.3, -0.25) is 4.90 Å². The Bertz CT molecular complexity index is 275. The predicted molar refractivity (Wildman–Crippen MR) is 54.8 cm³/mol. The van der Waals surface area contributed by atoms with Crippen LogP contribution >= 0.6 is 0 Å². The molecule has 0 aromatic carbocycles. The molecule has 0 spiro atoms. The van der Waals surface area contributed by atoms with Crippen molar-refractivity contribution in [2.24, 2.45) is 0 Å². The molecular formula is C10H16N4. The number of aromatic nitrogens is 2. The molecule has 1 fully saturated rings. The second-order valence-electron chi connectivity index (χ2n) is 3.71. The molecular weight excluding hydrogens is 176 g/mol. The Labute approximate surface area is 84.4 Å². The molecule has 0 radical (unpaired) electrons. The number of rotatable bonds is 3. The average Bonchev–Trinajstić information content (AvgIpc) is 2.67. The second kappa shape index (κ2) is 4.48. The fourth-order valence-electron chi connectivity index (χ4n) is 1.85. The third-order valence-electron chi connectivity index (χ3n) is 2.71. The Morgan fingerprint density at radius 2 is 2.57 bits per heavy atom. The molecule has 1 aromatic heterocycles. The van der Waals surface area contributed by atoms with E-state index in [9.17, 15) is 0 Å². The highest BCUT2D eigenvalue weighted by Gasteiger charge is 2.20. The highest BCUT2D eigenvalue weighted by atomic mass is 15.2. The van der Waals surface area contributed by atoms with Gasteiger partial charge in [-0.15, -0.1) is 0 Å². The molecule has 1 unspecified atom stereocenters. The highest BCUT2D eigenvalue weighted by Crippen LogP contribution is 2.11. The van der Waals surface area contributed by atoms with Crippen molar-refractivity contribution in [3.63, 3.8) is 0 Å². The van der Waals surface area contributed by atoms with Gasteiger partial charge in [-0.25, -0.2) is 9.97 Å². The van der Waals surface area contributed by atoms with Crippen molar-refractivity contribution in [2.45, 2.75) is 19.0 Å². The molecule has 1 aromatic rings. The fourth-order valence-corrected chi connectivity index (χ4v) is 1.85. The van der Waals surface area contributed by atoms with Crippen molar-refractivity contribution < 1.29 is 0 Å². The Balaban J connectivity index is 1.88. The van der Waals surface area contributed by atoms with Crippen LogP contribution in [0.15, 0.2) is 18.6 Å². The molecule has 14 heavy (non-hydrogen) atoms. The third kappa shape index (κ3) is 2.27. The van der Waals surface area contributed by atoms with E-state index in [1.807, 2.05) is 13.1 Å². The molecule has 2 rings (SSSR count). The summed E-state index contributed by atoms with van der Waals surface area (Å²) in [6, 6.07) is 2.63. The highest BCUT2D eigenvalue weighted by molar-refractivity contribution is 4.98. The molecule has 2 heterocycles. The largest absolute Gasteiger partial charge is 0.316 e. The second-order valence-corrected chi connectivity index (χ2v) is 3.71.